The van der Waals surface area contributed by atoms with E-state index in [-0.39, 0.29) is 31.0 Å². The van der Waals surface area contributed by atoms with Gasteiger partial charge in [-0.15, -0.1) is 0 Å². The molecule has 1 aliphatic heterocycles. The number of hydrogen-bond donors (Lipinski definition) is 0. The molecule has 0 saturated heterocycles. The molecule has 1 aromatic heterocycles. The van der Waals surface area contributed by atoms with Gasteiger partial charge in [0.1, 0.15) is 17.2 Å². The minimum absolute atomic E-state index is 0.0596. The fourth-order valence-electron chi connectivity index (χ4n) is 3.14. The van der Waals surface area contributed by atoms with Crippen LogP contribution in [0.25, 0.3) is 0 Å². The van der Waals surface area contributed by atoms with Gasteiger partial charge in [-0.05, 0) is 51.2 Å². The molecule has 8 nitrogen and oxygen atoms in total. The van der Waals surface area contributed by atoms with Crippen molar-refractivity contribution in [2.45, 2.75) is 63.6 Å². The molecule has 0 aromatic carbocycles. The summed E-state index contributed by atoms with van der Waals surface area (Å²) in [7, 11) is -5.97. The van der Waals surface area contributed by atoms with Crippen LogP contribution in [0.2, 0.25) is 0 Å². The molecule has 12 heteroatoms. The van der Waals surface area contributed by atoms with Gasteiger partial charge in [-0.2, -0.15) is 26.9 Å². The number of alkyl halides is 3. The second kappa shape index (κ2) is 7.30. The van der Waals surface area contributed by atoms with Crippen LogP contribution in [0.15, 0.2) is 0 Å². The highest BCUT2D eigenvalue weighted by atomic mass is 32.2. The van der Waals surface area contributed by atoms with Crippen LogP contribution in [0.3, 0.4) is 0 Å². The molecular weight excluding hydrogens is 427 g/mol. The summed E-state index contributed by atoms with van der Waals surface area (Å²) in [4.78, 5) is 17.8. The van der Waals surface area contributed by atoms with Gasteiger partial charge in [0, 0.05) is 12.5 Å². The highest BCUT2D eigenvalue weighted by Gasteiger charge is 2.49. The first kappa shape index (κ1) is 22.1. The Labute approximate surface area is 171 Å². The zero-order valence-corrected chi connectivity index (χ0v) is 17.4. The average Bonchev–Trinajstić information content (AvgIpc) is 3.42. The molecule has 1 aromatic rings. The maximum atomic E-state index is 12.8. The molecule has 0 N–H and O–H groups in total. The van der Waals surface area contributed by atoms with E-state index in [1.54, 1.807) is 26.8 Å². The van der Waals surface area contributed by atoms with Crippen LogP contribution in [0, 0.1) is 11.3 Å². The van der Waals surface area contributed by atoms with Crippen LogP contribution >= 0.6 is 0 Å². The van der Waals surface area contributed by atoms with Gasteiger partial charge in [0.25, 0.3) is 5.88 Å². The van der Waals surface area contributed by atoms with Gasteiger partial charge in [-0.1, -0.05) is 0 Å². The minimum Gasteiger partial charge on any atom is -0.444 e. The predicted octanol–water partition coefficient (Wildman–Crippen LogP) is 3.35. The molecule has 3 rings (SSSR count). The van der Waals surface area contributed by atoms with Crippen molar-refractivity contribution in [3.8, 4) is 11.9 Å². The van der Waals surface area contributed by atoms with Crippen LogP contribution in [0.1, 0.15) is 61.9 Å². The summed E-state index contributed by atoms with van der Waals surface area (Å²) in [5.41, 5.74) is -5.50. The number of fused-ring (bicyclic) bond motifs is 1. The smallest absolute Gasteiger partial charge is 0.444 e. The van der Waals surface area contributed by atoms with Crippen molar-refractivity contribution in [3.63, 3.8) is 0 Å². The lowest BCUT2D eigenvalue weighted by molar-refractivity contribution is -0.0501. The second-order valence-electron chi connectivity index (χ2n) is 8.16. The van der Waals surface area contributed by atoms with E-state index in [1.807, 2.05) is 0 Å². The van der Waals surface area contributed by atoms with Crippen LogP contribution in [0.5, 0.6) is 5.88 Å². The van der Waals surface area contributed by atoms with E-state index in [1.165, 1.54) is 4.90 Å². The van der Waals surface area contributed by atoms with Crippen LogP contribution in [0.4, 0.5) is 18.0 Å². The topological polar surface area (TPSA) is 110 Å². The molecule has 1 saturated carbocycles. The molecule has 2 heterocycles. The Kier molecular flexibility index (Phi) is 5.39. The molecule has 1 aliphatic carbocycles. The zero-order valence-electron chi connectivity index (χ0n) is 16.5. The van der Waals surface area contributed by atoms with Gasteiger partial charge in [0.15, 0.2) is 0 Å². The number of nitrogens with zero attached hydrogens (tertiary/aromatic N) is 3. The van der Waals surface area contributed by atoms with Crippen molar-refractivity contribution >= 4 is 16.2 Å². The first-order valence-corrected chi connectivity index (χ1v) is 10.6. The number of carbonyl (C=O) groups excluding carboxylic acids is 1. The van der Waals surface area contributed by atoms with Crippen LogP contribution in [-0.2, 0) is 27.8 Å². The highest BCUT2D eigenvalue weighted by molar-refractivity contribution is 7.87. The van der Waals surface area contributed by atoms with Crippen LogP contribution < -0.4 is 4.18 Å². The van der Waals surface area contributed by atoms with E-state index in [9.17, 15) is 31.6 Å². The lowest BCUT2D eigenvalue weighted by Crippen LogP contribution is -2.40. The summed E-state index contributed by atoms with van der Waals surface area (Å²) in [6.45, 7) is 5.37. The van der Waals surface area contributed by atoms with Gasteiger partial charge in [-0.3, -0.25) is 0 Å². The molecule has 1 fully saturated rings. The molecular formula is C18H20F3N3O5S. The van der Waals surface area contributed by atoms with Gasteiger partial charge < -0.3 is 13.8 Å². The normalized spacial score (nSPS) is 17.2. The maximum Gasteiger partial charge on any atom is 0.534 e. The number of aromatic nitrogens is 1. The lowest BCUT2D eigenvalue weighted by Gasteiger charge is -2.32. The fourth-order valence-corrected chi connectivity index (χ4v) is 3.56. The van der Waals surface area contributed by atoms with Gasteiger partial charge in [0.2, 0.25) is 0 Å². The third-order valence-corrected chi connectivity index (χ3v) is 5.54. The molecule has 30 heavy (non-hydrogen) atoms. The number of pyridine rings is 1. The van der Waals surface area contributed by atoms with Gasteiger partial charge in [0.05, 0.1) is 12.2 Å². The number of halogens is 3. The Bertz CT molecular complexity index is 1020. The third-order valence-electron chi connectivity index (χ3n) is 4.59. The Morgan fingerprint density at radius 3 is 2.37 bits per heavy atom. The summed E-state index contributed by atoms with van der Waals surface area (Å²) < 4.78 is 70.8. The first-order valence-electron chi connectivity index (χ1n) is 9.18. The van der Waals surface area contributed by atoms with E-state index >= 15 is 0 Å². The molecule has 0 unspecified atom stereocenters. The number of hydrogen-bond acceptors (Lipinski definition) is 7. The minimum atomic E-state index is -5.97. The van der Waals surface area contributed by atoms with Crippen molar-refractivity contribution in [2.24, 2.45) is 0 Å². The monoisotopic (exact) mass is 447 g/mol. The standard InChI is InChI=1S/C18H20F3N3O5S/c1-17(2,3)28-16(25)24-7-6-11-12(8-22)15(29-30(26,27)18(19,20)21)23-14(10-4-5-10)13(11)9-24/h10H,4-7,9H2,1-3H3. The highest BCUT2D eigenvalue weighted by Crippen LogP contribution is 2.45. The number of ether oxygens (including phenoxy) is 1. The van der Waals surface area contributed by atoms with Crippen molar-refractivity contribution in [3.05, 3.63) is 22.4 Å². The molecule has 0 radical (unpaired) electrons. The summed E-state index contributed by atoms with van der Waals surface area (Å²) in [6, 6.07) is 1.71. The summed E-state index contributed by atoms with van der Waals surface area (Å²) in [5.74, 6) is -0.970. The van der Waals surface area contributed by atoms with E-state index in [0.29, 0.717) is 29.7 Å². The van der Waals surface area contributed by atoms with E-state index in [4.69, 9.17) is 4.74 Å². The zero-order chi connectivity index (χ0) is 22.5. The van der Waals surface area contributed by atoms with Crippen LogP contribution in [-0.4, -0.2) is 42.0 Å². The summed E-state index contributed by atoms with van der Waals surface area (Å²) in [6.07, 6.45) is 0.989. The molecule has 0 atom stereocenters. The van der Waals surface area contributed by atoms with E-state index in [0.717, 1.165) is 0 Å². The Morgan fingerprint density at radius 1 is 1.23 bits per heavy atom. The molecule has 1 amide bonds. The second-order valence-corrected chi connectivity index (χ2v) is 9.69. The molecule has 164 valence electrons. The van der Waals surface area contributed by atoms with E-state index < -0.39 is 33.2 Å². The number of carbonyl (C=O) groups is 1. The quantitative estimate of drug-likeness (QED) is 0.516. The Hall–Kier alpha value is -2.55. The SMILES string of the molecule is CC(C)(C)OC(=O)N1CCc2c(C#N)c(OS(=O)(=O)C(F)(F)F)nc(C3CC3)c2C1. The maximum absolute atomic E-state index is 12.8. The average molecular weight is 447 g/mol. The van der Waals surface area contributed by atoms with Crippen molar-refractivity contribution < 1.29 is 35.3 Å². The Balaban J connectivity index is 2.02. The van der Waals surface area contributed by atoms with Crippen molar-refractivity contribution in [2.75, 3.05) is 6.54 Å². The van der Waals surface area contributed by atoms with Gasteiger partial charge in [-0.25, -0.2) is 9.78 Å². The summed E-state index contributed by atoms with van der Waals surface area (Å²) >= 11 is 0. The van der Waals surface area contributed by atoms with Crippen molar-refractivity contribution in [1.29, 1.82) is 5.26 Å². The molecule has 0 spiro atoms. The fraction of sp³-hybridized carbons (Fsp3) is 0.611. The summed E-state index contributed by atoms with van der Waals surface area (Å²) in [5, 5.41) is 9.50. The lowest BCUT2D eigenvalue weighted by atomic mass is 9.93. The Morgan fingerprint density at radius 2 is 1.87 bits per heavy atom. The third kappa shape index (κ3) is 4.45. The van der Waals surface area contributed by atoms with E-state index in [2.05, 4.69) is 9.17 Å². The predicted molar refractivity (Wildman–Crippen MR) is 96.9 cm³/mol. The number of nitriles is 1. The van der Waals surface area contributed by atoms with Gasteiger partial charge >= 0.3 is 21.7 Å². The first-order chi connectivity index (χ1) is 13.7. The molecule has 2 aliphatic rings. The number of amides is 1. The molecule has 0 bridgehead atoms. The van der Waals surface area contributed by atoms with Crippen molar-refractivity contribution in [1.82, 2.24) is 9.88 Å². The largest absolute Gasteiger partial charge is 0.534 e. The number of rotatable bonds is 3.